The Labute approximate surface area is 190 Å². The molecule has 2 aliphatic rings. The minimum absolute atomic E-state index is 0.492. The first-order valence-electron chi connectivity index (χ1n) is 11.8. The van der Waals surface area contributed by atoms with E-state index in [4.69, 9.17) is 9.98 Å². The molecule has 2 fully saturated rings. The van der Waals surface area contributed by atoms with Crippen molar-refractivity contribution in [2.24, 2.45) is 4.99 Å². The molecular formula is C24H36N6S. The molecule has 0 unspecified atom stereocenters. The smallest absolute Gasteiger partial charge is 0.191 e. The van der Waals surface area contributed by atoms with E-state index in [0.29, 0.717) is 6.04 Å². The number of benzene rings is 1. The fourth-order valence-electron chi connectivity index (χ4n) is 4.34. The highest BCUT2D eigenvalue weighted by molar-refractivity contribution is 7.13. The Kier molecular flexibility index (Phi) is 8.18. The Morgan fingerprint density at radius 1 is 1.13 bits per heavy atom. The average Bonchev–Trinajstić information content (AvgIpc) is 3.48. The van der Waals surface area contributed by atoms with Crippen LogP contribution in [0.3, 0.4) is 0 Å². The Bertz CT molecular complexity index is 806. The molecule has 7 heteroatoms. The molecule has 0 radical (unpaired) electrons. The van der Waals surface area contributed by atoms with Crippen molar-refractivity contribution in [2.45, 2.75) is 51.6 Å². The summed E-state index contributed by atoms with van der Waals surface area (Å²) >= 11 is 1.78. The van der Waals surface area contributed by atoms with E-state index in [0.717, 1.165) is 71.0 Å². The van der Waals surface area contributed by atoms with E-state index in [2.05, 4.69) is 63.1 Å². The lowest BCUT2D eigenvalue weighted by Crippen LogP contribution is -2.48. The van der Waals surface area contributed by atoms with Gasteiger partial charge in [-0.2, -0.15) is 0 Å². The van der Waals surface area contributed by atoms with Gasteiger partial charge in [0.1, 0.15) is 0 Å². The van der Waals surface area contributed by atoms with E-state index < -0.39 is 0 Å². The minimum atomic E-state index is 0.492. The van der Waals surface area contributed by atoms with Crippen molar-refractivity contribution in [1.29, 1.82) is 0 Å². The van der Waals surface area contributed by atoms with Gasteiger partial charge in [0.05, 0.1) is 5.69 Å². The van der Waals surface area contributed by atoms with Crippen LogP contribution in [-0.4, -0.2) is 61.2 Å². The number of piperidine rings is 1. The Balaban J connectivity index is 1.22. The number of likely N-dealkylation sites (tertiary alicyclic amines) is 1. The zero-order valence-corrected chi connectivity index (χ0v) is 19.5. The fraction of sp³-hybridized carbons (Fsp3) is 0.583. The maximum atomic E-state index is 4.83. The summed E-state index contributed by atoms with van der Waals surface area (Å²) in [5.41, 5.74) is 2.57. The highest BCUT2D eigenvalue weighted by Crippen LogP contribution is 2.24. The molecule has 3 heterocycles. The highest BCUT2D eigenvalue weighted by Gasteiger charge is 2.20. The van der Waals surface area contributed by atoms with Crippen molar-refractivity contribution in [3.63, 3.8) is 0 Å². The zero-order chi connectivity index (χ0) is 21.3. The van der Waals surface area contributed by atoms with Gasteiger partial charge in [0.2, 0.25) is 0 Å². The molecule has 1 aromatic carbocycles. The zero-order valence-electron chi connectivity index (χ0n) is 18.7. The molecule has 4 rings (SSSR count). The van der Waals surface area contributed by atoms with Crippen LogP contribution in [0.5, 0.6) is 0 Å². The fourth-order valence-corrected chi connectivity index (χ4v) is 5.25. The quantitative estimate of drug-likeness (QED) is 0.486. The molecule has 0 aliphatic carbocycles. The second-order valence-corrected chi connectivity index (χ2v) is 9.34. The van der Waals surface area contributed by atoms with Crippen LogP contribution in [0.15, 0.2) is 40.7 Å². The van der Waals surface area contributed by atoms with Crippen LogP contribution in [0, 0.1) is 0 Å². The Hall–Kier alpha value is -2.12. The van der Waals surface area contributed by atoms with Gasteiger partial charge in [-0.3, -0.25) is 9.89 Å². The first-order valence-corrected chi connectivity index (χ1v) is 12.7. The molecule has 31 heavy (non-hydrogen) atoms. The van der Waals surface area contributed by atoms with Gasteiger partial charge >= 0.3 is 0 Å². The monoisotopic (exact) mass is 440 g/mol. The summed E-state index contributed by atoms with van der Waals surface area (Å²) < 4.78 is 0. The Morgan fingerprint density at radius 2 is 1.90 bits per heavy atom. The molecule has 168 valence electrons. The predicted molar refractivity (Wildman–Crippen MR) is 131 cm³/mol. The second kappa shape index (κ2) is 11.5. The van der Waals surface area contributed by atoms with Crippen LogP contribution < -0.4 is 15.5 Å². The van der Waals surface area contributed by atoms with Gasteiger partial charge in [0, 0.05) is 63.7 Å². The number of aromatic nitrogens is 1. The lowest BCUT2D eigenvalue weighted by atomic mass is 10.0. The summed E-state index contributed by atoms with van der Waals surface area (Å²) in [7, 11) is 0. The van der Waals surface area contributed by atoms with Crippen molar-refractivity contribution in [3.8, 4) is 0 Å². The average molecular weight is 441 g/mol. The Morgan fingerprint density at radius 3 is 2.65 bits per heavy atom. The lowest BCUT2D eigenvalue weighted by molar-refractivity contribution is 0.198. The van der Waals surface area contributed by atoms with E-state index in [9.17, 15) is 0 Å². The molecule has 2 saturated heterocycles. The summed E-state index contributed by atoms with van der Waals surface area (Å²) in [6, 6.07) is 11.3. The minimum Gasteiger partial charge on any atom is -0.357 e. The van der Waals surface area contributed by atoms with E-state index in [1.165, 1.54) is 29.2 Å². The van der Waals surface area contributed by atoms with E-state index in [-0.39, 0.29) is 0 Å². The number of thiazole rings is 1. The summed E-state index contributed by atoms with van der Waals surface area (Å²) in [5.74, 6) is 0.944. The SMILES string of the molecule is CCNC(=NCCc1csc(N2CCCC2)n1)NC1CCN(Cc2ccccc2)CC1. The van der Waals surface area contributed by atoms with Gasteiger partial charge in [-0.05, 0) is 38.2 Å². The van der Waals surface area contributed by atoms with Gasteiger partial charge in [-0.15, -0.1) is 11.3 Å². The molecule has 6 nitrogen and oxygen atoms in total. The number of guanidine groups is 1. The van der Waals surface area contributed by atoms with Crippen molar-refractivity contribution in [1.82, 2.24) is 20.5 Å². The van der Waals surface area contributed by atoms with Crippen LogP contribution >= 0.6 is 11.3 Å². The molecule has 0 amide bonds. The number of nitrogens with one attached hydrogen (secondary N) is 2. The first kappa shape index (κ1) is 22.1. The maximum absolute atomic E-state index is 4.83. The van der Waals surface area contributed by atoms with Crippen molar-refractivity contribution < 1.29 is 0 Å². The van der Waals surface area contributed by atoms with Gasteiger partial charge in [-0.25, -0.2) is 4.98 Å². The van der Waals surface area contributed by atoms with Crippen LogP contribution in [0.1, 0.15) is 43.9 Å². The number of anilines is 1. The molecule has 0 bridgehead atoms. The van der Waals surface area contributed by atoms with E-state index in [1.807, 2.05) is 0 Å². The third-order valence-electron chi connectivity index (χ3n) is 6.08. The van der Waals surface area contributed by atoms with Crippen molar-refractivity contribution in [2.75, 3.05) is 44.2 Å². The largest absolute Gasteiger partial charge is 0.357 e. The van der Waals surface area contributed by atoms with E-state index >= 15 is 0 Å². The van der Waals surface area contributed by atoms with Gasteiger partial charge < -0.3 is 15.5 Å². The third kappa shape index (κ3) is 6.68. The van der Waals surface area contributed by atoms with Gasteiger partial charge in [0.15, 0.2) is 11.1 Å². The molecule has 2 aromatic rings. The third-order valence-corrected chi connectivity index (χ3v) is 7.03. The number of nitrogens with zero attached hydrogens (tertiary/aromatic N) is 4. The van der Waals surface area contributed by atoms with Gasteiger partial charge in [-0.1, -0.05) is 30.3 Å². The summed E-state index contributed by atoms with van der Waals surface area (Å²) in [6.45, 7) is 9.40. The summed E-state index contributed by atoms with van der Waals surface area (Å²) in [6.07, 6.45) is 5.80. The lowest BCUT2D eigenvalue weighted by Gasteiger charge is -2.33. The van der Waals surface area contributed by atoms with Crippen LogP contribution in [0.25, 0.3) is 0 Å². The number of aliphatic imine (C=N–C) groups is 1. The number of hydrogen-bond donors (Lipinski definition) is 2. The topological polar surface area (TPSA) is 55.8 Å². The van der Waals surface area contributed by atoms with Crippen molar-refractivity contribution in [3.05, 3.63) is 47.0 Å². The van der Waals surface area contributed by atoms with Crippen molar-refractivity contribution >= 4 is 22.4 Å². The molecular weight excluding hydrogens is 404 g/mol. The molecule has 0 saturated carbocycles. The summed E-state index contributed by atoms with van der Waals surface area (Å²) in [5, 5.41) is 10.5. The highest BCUT2D eigenvalue weighted by atomic mass is 32.1. The standard InChI is InChI=1S/C24H36N6S/c1-2-25-23(26-13-10-22-19-31-24(28-22)30-14-6-7-15-30)27-21-11-16-29(17-12-21)18-20-8-4-3-5-9-20/h3-5,8-9,19,21H,2,6-7,10-18H2,1H3,(H2,25,26,27). The van der Waals surface area contributed by atoms with Crippen LogP contribution in [0.2, 0.25) is 0 Å². The maximum Gasteiger partial charge on any atom is 0.191 e. The second-order valence-electron chi connectivity index (χ2n) is 8.51. The van der Waals surface area contributed by atoms with Gasteiger partial charge in [0.25, 0.3) is 0 Å². The van der Waals surface area contributed by atoms with Crippen LogP contribution in [-0.2, 0) is 13.0 Å². The van der Waals surface area contributed by atoms with Crippen LogP contribution in [0.4, 0.5) is 5.13 Å². The first-order chi connectivity index (χ1) is 15.3. The normalized spacial score (nSPS) is 18.5. The molecule has 2 aliphatic heterocycles. The van der Waals surface area contributed by atoms with E-state index in [1.54, 1.807) is 11.3 Å². The molecule has 0 atom stereocenters. The molecule has 1 aromatic heterocycles. The number of hydrogen-bond acceptors (Lipinski definition) is 5. The molecule has 2 N–H and O–H groups in total. The number of rotatable bonds is 8. The predicted octanol–water partition coefficient (Wildman–Crippen LogP) is 3.51. The summed E-state index contributed by atoms with van der Waals surface area (Å²) in [4.78, 5) is 14.6. The molecule has 0 spiro atoms.